The van der Waals surface area contributed by atoms with Crippen LogP contribution in [0.1, 0.15) is 44.6 Å². The average Bonchev–Trinajstić information content (AvgIpc) is 2.88. The van der Waals surface area contributed by atoms with Gasteiger partial charge in [0.05, 0.1) is 12.9 Å². The molecule has 0 saturated carbocycles. The summed E-state index contributed by atoms with van der Waals surface area (Å²) in [7, 11) is -1.64. The van der Waals surface area contributed by atoms with Crippen molar-refractivity contribution in [2.75, 3.05) is 50.9 Å². The zero-order chi connectivity index (χ0) is 27.4. The number of methoxy groups -OCH3 is 1. The molecule has 0 aliphatic carbocycles. The molecule has 11 heteroatoms. The number of likely N-dealkylation sites (tertiary alicyclic amines) is 1. The first-order chi connectivity index (χ1) is 18.3. The maximum atomic E-state index is 12.8. The van der Waals surface area contributed by atoms with Crippen molar-refractivity contribution in [1.82, 2.24) is 15.1 Å². The molecule has 0 spiro atoms. The van der Waals surface area contributed by atoms with E-state index in [1.165, 1.54) is 5.56 Å². The topological polar surface area (TPSA) is 100 Å². The van der Waals surface area contributed by atoms with E-state index in [2.05, 4.69) is 34.0 Å². The highest BCUT2D eigenvalue weighted by Gasteiger charge is 2.23. The summed E-state index contributed by atoms with van der Waals surface area (Å²) in [5.74, 6) is 1.35. The van der Waals surface area contributed by atoms with E-state index in [-0.39, 0.29) is 24.5 Å². The third-order valence-corrected chi connectivity index (χ3v) is 7.13. The number of unbranched alkanes of at least 4 members (excludes halogenated alkanes) is 2. The van der Waals surface area contributed by atoms with E-state index in [1.54, 1.807) is 31.4 Å². The number of hydrogen-bond donors (Lipinski definition) is 2. The number of nitrogens with one attached hydrogen (secondary N) is 2. The molecule has 0 bridgehead atoms. The number of anilines is 1. The third-order valence-electron chi connectivity index (χ3n) is 6.52. The van der Waals surface area contributed by atoms with Crippen molar-refractivity contribution in [3.63, 3.8) is 0 Å². The number of sulfonamides is 1. The van der Waals surface area contributed by atoms with Gasteiger partial charge in [-0.15, -0.1) is 12.4 Å². The number of carbonyl (C=O) groups is 1. The Morgan fingerprint density at radius 2 is 1.62 bits per heavy atom. The lowest BCUT2D eigenvalue weighted by atomic mass is 10.0. The summed E-state index contributed by atoms with van der Waals surface area (Å²) in [6, 6.07) is 15.0. The second kappa shape index (κ2) is 16.5. The second-order valence-corrected chi connectivity index (χ2v) is 11.6. The Morgan fingerprint density at radius 3 is 2.18 bits per heavy atom. The fourth-order valence-corrected chi connectivity index (χ4v) is 5.00. The standard InChI is InChI=1S/C28H42N4O5S.ClH/c1-4-5-6-17-32(20-21-36-2)28(33)29-24-15-18-31(19-16-24)22-23-7-11-26(12-8-23)37-27-13-9-25(10-14-27)30-38(3,34)35;/h7-14,24,30H,4-6,15-22H2,1-3H3,(H,29,33);1H. The number of rotatable bonds is 14. The molecular weight excluding hydrogens is 540 g/mol. The number of benzene rings is 2. The number of ether oxygens (including phenoxy) is 2. The summed E-state index contributed by atoms with van der Waals surface area (Å²) in [5.41, 5.74) is 1.70. The predicted molar refractivity (Wildman–Crippen MR) is 158 cm³/mol. The van der Waals surface area contributed by atoms with Gasteiger partial charge in [-0.1, -0.05) is 31.9 Å². The molecule has 218 valence electrons. The number of amides is 2. The number of halogens is 1. The smallest absolute Gasteiger partial charge is 0.317 e. The normalized spacial score (nSPS) is 14.3. The Balaban J connectivity index is 0.00000533. The third kappa shape index (κ3) is 12.0. The highest BCUT2D eigenvalue weighted by molar-refractivity contribution is 7.92. The maximum Gasteiger partial charge on any atom is 0.317 e. The van der Waals surface area contributed by atoms with Gasteiger partial charge in [0.25, 0.3) is 0 Å². The number of carbonyl (C=O) groups excluding carboxylic acids is 1. The molecule has 1 aliphatic rings. The van der Waals surface area contributed by atoms with Gasteiger partial charge in [-0.25, -0.2) is 13.2 Å². The Morgan fingerprint density at radius 1 is 1.00 bits per heavy atom. The van der Waals surface area contributed by atoms with Gasteiger partial charge < -0.3 is 19.7 Å². The molecule has 3 rings (SSSR count). The second-order valence-electron chi connectivity index (χ2n) is 9.83. The van der Waals surface area contributed by atoms with Crippen LogP contribution < -0.4 is 14.8 Å². The van der Waals surface area contributed by atoms with Crippen LogP contribution in [0.2, 0.25) is 0 Å². The number of urea groups is 1. The van der Waals surface area contributed by atoms with Gasteiger partial charge >= 0.3 is 6.03 Å². The van der Waals surface area contributed by atoms with E-state index in [0.717, 1.165) is 70.3 Å². The van der Waals surface area contributed by atoms with Crippen molar-refractivity contribution in [3.8, 4) is 11.5 Å². The predicted octanol–water partition coefficient (Wildman–Crippen LogP) is 5.08. The summed E-state index contributed by atoms with van der Waals surface area (Å²) in [4.78, 5) is 17.1. The fraction of sp³-hybridized carbons (Fsp3) is 0.536. The van der Waals surface area contributed by atoms with Crippen molar-refractivity contribution in [2.45, 2.75) is 51.6 Å². The molecule has 1 saturated heterocycles. The highest BCUT2D eigenvalue weighted by Crippen LogP contribution is 2.24. The van der Waals surface area contributed by atoms with Crippen LogP contribution in [0, 0.1) is 0 Å². The number of hydrogen-bond acceptors (Lipinski definition) is 6. The van der Waals surface area contributed by atoms with E-state index in [9.17, 15) is 13.2 Å². The van der Waals surface area contributed by atoms with Crippen LogP contribution in [-0.4, -0.2) is 76.4 Å². The first kappa shape index (κ1) is 32.7. The fourth-order valence-electron chi connectivity index (χ4n) is 4.43. The minimum Gasteiger partial charge on any atom is -0.457 e. The SMILES string of the molecule is CCCCCN(CCOC)C(=O)NC1CCN(Cc2ccc(Oc3ccc(NS(C)(=O)=O)cc3)cc2)CC1.Cl. The van der Waals surface area contributed by atoms with Crippen LogP contribution in [0.4, 0.5) is 10.5 Å². The monoisotopic (exact) mass is 582 g/mol. The Bertz CT molecular complexity index is 1090. The molecular formula is C28H43ClN4O5S. The Labute approximate surface area is 239 Å². The van der Waals surface area contributed by atoms with E-state index >= 15 is 0 Å². The minimum absolute atomic E-state index is 0. The van der Waals surface area contributed by atoms with Crippen LogP contribution in [0.5, 0.6) is 11.5 Å². The van der Waals surface area contributed by atoms with Crippen molar-refractivity contribution >= 4 is 34.1 Å². The molecule has 0 aromatic heterocycles. The minimum atomic E-state index is -3.30. The van der Waals surface area contributed by atoms with Crippen molar-refractivity contribution in [3.05, 3.63) is 54.1 Å². The molecule has 1 fully saturated rings. The molecule has 2 aromatic rings. The van der Waals surface area contributed by atoms with Crippen LogP contribution in [0.25, 0.3) is 0 Å². The maximum absolute atomic E-state index is 12.8. The van der Waals surface area contributed by atoms with Gasteiger partial charge in [0.2, 0.25) is 10.0 Å². The van der Waals surface area contributed by atoms with E-state index in [4.69, 9.17) is 9.47 Å². The Hall–Kier alpha value is -2.53. The molecule has 0 radical (unpaired) electrons. The first-order valence-electron chi connectivity index (χ1n) is 13.4. The van der Waals surface area contributed by atoms with Gasteiger partial charge in [-0.05, 0) is 61.2 Å². The molecule has 39 heavy (non-hydrogen) atoms. The summed E-state index contributed by atoms with van der Waals surface area (Å²) < 4.78 is 36.2. The van der Waals surface area contributed by atoms with Crippen molar-refractivity contribution < 1.29 is 22.7 Å². The quantitative estimate of drug-likeness (QED) is 0.301. The Kier molecular flexibility index (Phi) is 13.9. The van der Waals surface area contributed by atoms with Gasteiger partial charge in [-0.3, -0.25) is 9.62 Å². The van der Waals surface area contributed by atoms with Crippen LogP contribution >= 0.6 is 12.4 Å². The van der Waals surface area contributed by atoms with Gasteiger partial charge in [0, 0.05) is 51.6 Å². The molecule has 9 nitrogen and oxygen atoms in total. The van der Waals surface area contributed by atoms with Crippen molar-refractivity contribution in [2.24, 2.45) is 0 Å². The zero-order valence-electron chi connectivity index (χ0n) is 23.2. The summed E-state index contributed by atoms with van der Waals surface area (Å²) in [6.07, 6.45) is 6.27. The average molecular weight is 583 g/mol. The lowest BCUT2D eigenvalue weighted by Crippen LogP contribution is -2.50. The zero-order valence-corrected chi connectivity index (χ0v) is 24.9. The van der Waals surface area contributed by atoms with Gasteiger partial charge in [0.1, 0.15) is 11.5 Å². The van der Waals surface area contributed by atoms with E-state index in [0.29, 0.717) is 24.6 Å². The molecule has 2 N–H and O–H groups in total. The molecule has 2 aromatic carbocycles. The number of piperidine rings is 1. The van der Waals surface area contributed by atoms with E-state index in [1.807, 2.05) is 17.0 Å². The molecule has 2 amide bonds. The molecule has 0 unspecified atom stereocenters. The highest BCUT2D eigenvalue weighted by atomic mass is 35.5. The number of nitrogens with zero attached hydrogens (tertiary/aromatic N) is 2. The molecule has 0 atom stereocenters. The van der Waals surface area contributed by atoms with Crippen LogP contribution in [0.15, 0.2) is 48.5 Å². The van der Waals surface area contributed by atoms with Crippen LogP contribution in [0.3, 0.4) is 0 Å². The van der Waals surface area contributed by atoms with Crippen molar-refractivity contribution in [1.29, 1.82) is 0 Å². The lowest BCUT2D eigenvalue weighted by molar-refractivity contribution is 0.140. The largest absolute Gasteiger partial charge is 0.457 e. The lowest BCUT2D eigenvalue weighted by Gasteiger charge is -2.34. The van der Waals surface area contributed by atoms with Gasteiger partial charge in [-0.2, -0.15) is 0 Å². The summed E-state index contributed by atoms with van der Waals surface area (Å²) >= 11 is 0. The first-order valence-corrected chi connectivity index (χ1v) is 15.3. The van der Waals surface area contributed by atoms with Gasteiger partial charge in [0.15, 0.2) is 0 Å². The molecule has 1 aliphatic heterocycles. The summed E-state index contributed by atoms with van der Waals surface area (Å²) in [6.45, 7) is 6.83. The molecule has 1 heterocycles. The summed E-state index contributed by atoms with van der Waals surface area (Å²) in [5, 5.41) is 3.24. The van der Waals surface area contributed by atoms with E-state index < -0.39 is 10.0 Å². The van der Waals surface area contributed by atoms with Crippen LogP contribution in [-0.2, 0) is 21.3 Å².